The Hall–Kier alpha value is -2.22. The number of nitrogens with zero attached hydrogens (tertiary/aromatic N) is 2. The quantitative estimate of drug-likeness (QED) is 0.403. The molecule has 19 heavy (non-hydrogen) atoms. The highest BCUT2D eigenvalue weighted by Crippen LogP contribution is 1.99. The molecule has 1 unspecified atom stereocenters. The SMILES string of the molecule is CCCNC(=O)C(C)NC(=O)c1cnc(NN)cn1. The van der Waals surface area contributed by atoms with E-state index in [-0.39, 0.29) is 11.6 Å². The second-order valence-corrected chi connectivity index (χ2v) is 3.92. The maximum atomic E-state index is 11.8. The minimum Gasteiger partial charge on any atom is -0.354 e. The lowest BCUT2D eigenvalue weighted by atomic mass is 10.3. The molecule has 8 nitrogen and oxygen atoms in total. The molecule has 1 atom stereocenters. The van der Waals surface area contributed by atoms with E-state index in [1.54, 1.807) is 6.92 Å². The van der Waals surface area contributed by atoms with Gasteiger partial charge in [-0.1, -0.05) is 6.92 Å². The van der Waals surface area contributed by atoms with Gasteiger partial charge >= 0.3 is 0 Å². The Morgan fingerprint density at radius 1 is 1.37 bits per heavy atom. The second kappa shape index (κ2) is 7.27. The zero-order chi connectivity index (χ0) is 14.3. The van der Waals surface area contributed by atoms with E-state index in [4.69, 9.17) is 5.84 Å². The Kier molecular flexibility index (Phi) is 5.68. The minimum atomic E-state index is -0.631. The lowest BCUT2D eigenvalue weighted by Crippen LogP contribution is -2.45. The number of carbonyl (C=O) groups is 2. The molecule has 0 bridgehead atoms. The van der Waals surface area contributed by atoms with E-state index in [9.17, 15) is 9.59 Å². The number of nitrogen functional groups attached to an aromatic ring is 1. The number of aromatic nitrogens is 2. The van der Waals surface area contributed by atoms with E-state index < -0.39 is 11.9 Å². The summed E-state index contributed by atoms with van der Waals surface area (Å²) in [5.41, 5.74) is 2.43. The molecule has 1 aromatic rings. The van der Waals surface area contributed by atoms with Crippen LogP contribution in [0, 0.1) is 0 Å². The maximum Gasteiger partial charge on any atom is 0.272 e. The molecular formula is C11H18N6O2. The highest BCUT2D eigenvalue weighted by atomic mass is 16.2. The first-order valence-electron chi connectivity index (χ1n) is 5.95. The summed E-state index contributed by atoms with van der Waals surface area (Å²) in [7, 11) is 0. The normalized spacial score (nSPS) is 11.5. The van der Waals surface area contributed by atoms with Crippen molar-refractivity contribution in [3.63, 3.8) is 0 Å². The number of carbonyl (C=O) groups excluding carboxylic acids is 2. The summed E-state index contributed by atoms with van der Waals surface area (Å²) in [6, 6.07) is -0.631. The zero-order valence-electron chi connectivity index (χ0n) is 10.9. The van der Waals surface area contributed by atoms with Crippen LogP contribution in [0.2, 0.25) is 0 Å². The summed E-state index contributed by atoms with van der Waals surface area (Å²) in [5, 5.41) is 5.23. The number of rotatable bonds is 6. The molecule has 2 amide bonds. The fraction of sp³-hybridized carbons (Fsp3) is 0.455. The predicted molar refractivity (Wildman–Crippen MR) is 70.1 cm³/mol. The zero-order valence-corrected chi connectivity index (χ0v) is 10.9. The minimum absolute atomic E-state index is 0.120. The molecular weight excluding hydrogens is 248 g/mol. The van der Waals surface area contributed by atoms with Crippen LogP contribution in [0.15, 0.2) is 12.4 Å². The van der Waals surface area contributed by atoms with Crippen LogP contribution in [0.1, 0.15) is 30.8 Å². The largest absolute Gasteiger partial charge is 0.354 e. The van der Waals surface area contributed by atoms with Crippen LogP contribution < -0.4 is 21.9 Å². The van der Waals surface area contributed by atoms with Gasteiger partial charge in [-0.25, -0.2) is 15.8 Å². The van der Waals surface area contributed by atoms with Crippen LogP contribution in [0.5, 0.6) is 0 Å². The van der Waals surface area contributed by atoms with Crippen LogP contribution in [-0.2, 0) is 4.79 Å². The molecule has 104 valence electrons. The number of hydrogen-bond donors (Lipinski definition) is 4. The van der Waals surface area contributed by atoms with Gasteiger partial charge in [0, 0.05) is 6.54 Å². The smallest absolute Gasteiger partial charge is 0.272 e. The number of nitrogens with two attached hydrogens (primary N) is 1. The summed E-state index contributed by atoms with van der Waals surface area (Å²) in [6.45, 7) is 4.13. The van der Waals surface area contributed by atoms with Gasteiger partial charge in [-0.05, 0) is 13.3 Å². The average Bonchev–Trinajstić information content (AvgIpc) is 2.44. The molecule has 1 heterocycles. The molecule has 0 aromatic carbocycles. The molecule has 0 fully saturated rings. The molecule has 0 aliphatic rings. The van der Waals surface area contributed by atoms with E-state index in [1.807, 2.05) is 6.92 Å². The summed E-state index contributed by atoms with van der Waals surface area (Å²) in [4.78, 5) is 31.1. The van der Waals surface area contributed by atoms with Gasteiger partial charge in [0.1, 0.15) is 11.7 Å². The van der Waals surface area contributed by atoms with Crippen LogP contribution >= 0.6 is 0 Å². The van der Waals surface area contributed by atoms with E-state index in [1.165, 1.54) is 12.4 Å². The van der Waals surface area contributed by atoms with Gasteiger partial charge in [0.25, 0.3) is 5.91 Å². The second-order valence-electron chi connectivity index (χ2n) is 3.92. The monoisotopic (exact) mass is 266 g/mol. The number of hydrazine groups is 1. The average molecular weight is 266 g/mol. The number of anilines is 1. The molecule has 5 N–H and O–H groups in total. The first-order chi connectivity index (χ1) is 9.08. The third-order valence-corrected chi connectivity index (χ3v) is 2.32. The van der Waals surface area contributed by atoms with Crippen molar-refractivity contribution in [2.45, 2.75) is 26.3 Å². The molecule has 0 aliphatic heterocycles. The summed E-state index contributed by atoms with van der Waals surface area (Å²) < 4.78 is 0. The summed E-state index contributed by atoms with van der Waals surface area (Å²) >= 11 is 0. The van der Waals surface area contributed by atoms with E-state index in [0.29, 0.717) is 12.4 Å². The molecule has 0 aliphatic carbocycles. The third-order valence-electron chi connectivity index (χ3n) is 2.32. The Morgan fingerprint density at radius 3 is 2.63 bits per heavy atom. The molecule has 1 rings (SSSR count). The molecule has 0 spiro atoms. The molecule has 1 aromatic heterocycles. The van der Waals surface area contributed by atoms with Crippen molar-refractivity contribution in [2.75, 3.05) is 12.0 Å². The van der Waals surface area contributed by atoms with Gasteiger partial charge in [0.05, 0.1) is 12.4 Å². The summed E-state index contributed by atoms with van der Waals surface area (Å²) in [6.07, 6.45) is 3.45. The van der Waals surface area contributed by atoms with Crippen molar-refractivity contribution in [1.29, 1.82) is 0 Å². The first-order valence-corrected chi connectivity index (χ1v) is 5.95. The first kappa shape index (κ1) is 14.8. The fourth-order valence-electron chi connectivity index (χ4n) is 1.26. The lowest BCUT2D eigenvalue weighted by Gasteiger charge is -2.13. The number of hydrogen-bond acceptors (Lipinski definition) is 6. The van der Waals surface area contributed by atoms with Gasteiger partial charge in [0.2, 0.25) is 5.91 Å². The molecule has 8 heteroatoms. The van der Waals surface area contributed by atoms with Gasteiger partial charge in [-0.3, -0.25) is 9.59 Å². The lowest BCUT2D eigenvalue weighted by molar-refractivity contribution is -0.122. The van der Waals surface area contributed by atoms with Crippen molar-refractivity contribution < 1.29 is 9.59 Å². The van der Waals surface area contributed by atoms with Crippen LogP contribution in [0.25, 0.3) is 0 Å². The van der Waals surface area contributed by atoms with Crippen molar-refractivity contribution in [3.05, 3.63) is 18.1 Å². The van der Waals surface area contributed by atoms with Crippen molar-refractivity contribution in [2.24, 2.45) is 5.84 Å². The van der Waals surface area contributed by atoms with E-state index in [2.05, 4.69) is 26.0 Å². The third kappa shape index (κ3) is 4.51. The highest BCUT2D eigenvalue weighted by Gasteiger charge is 2.16. The maximum absolute atomic E-state index is 11.8. The standard InChI is InChI=1S/C11H18N6O2/c1-3-4-13-10(18)7(2)16-11(19)8-5-15-9(17-12)6-14-8/h5-7H,3-4,12H2,1-2H3,(H,13,18)(H,15,17)(H,16,19). The van der Waals surface area contributed by atoms with Crippen LogP contribution in [-0.4, -0.2) is 34.4 Å². The van der Waals surface area contributed by atoms with Gasteiger partial charge in [-0.2, -0.15) is 0 Å². The number of nitrogens with one attached hydrogen (secondary N) is 3. The van der Waals surface area contributed by atoms with E-state index in [0.717, 1.165) is 6.42 Å². The van der Waals surface area contributed by atoms with Crippen molar-refractivity contribution in [3.8, 4) is 0 Å². The molecule has 0 saturated carbocycles. The van der Waals surface area contributed by atoms with Gasteiger partial charge < -0.3 is 16.1 Å². The van der Waals surface area contributed by atoms with E-state index >= 15 is 0 Å². The molecule has 0 saturated heterocycles. The summed E-state index contributed by atoms with van der Waals surface area (Å²) in [5.74, 6) is 4.79. The Labute approximate surface area is 111 Å². The topological polar surface area (TPSA) is 122 Å². The highest BCUT2D eigenvalue weighted by molar-refractivity contribution is 5.95. The molecule has 0 radical (unpaired) electrons. The van der Waals surface area contributed by atoms with Crippen molar-refractivity contribution >= 4 is 17.6 Å². The van der Waals surface area contributed by atoms with Crippen LogP contribution in [0.4, 0.5) is 5.82 Å². The Bertz CT molecular complexity index is 433. The predicted octanol–water partition coefficient (Wildman–Crippen LogP) is -0.593. The Balaban J connectivity index is 2.55. The van der Waals surface area contributed by atoms with Gasteiger partial charge in [0.15, 0.2) is 5.82 Å². The fourth-order valence-corrected chi connectivity index (χ4v) is 1.26. The van der Waals surface area contributed by atoms with Gasteiger partial charge in [-0.15, -0.1) is 0 Å². The van der Waals surface area contributed by atoms with Crippen LogP contribution in [0.3, 0.4) is 0 Å². The Morgan fingerprint density at radius 2 is 2.11 bits per heavy atom. The van der Waals surface area contributed by atoms with Crippen molar-refractivity contribution in [1.82, 2.24) is 20.6 Å². The number of amides is 2.